The molecule has 0 saturated heterocycles. The first kappa shape index (κ1) is 11.0. The third kappa shape index (κ3) is 2.05. The molecule has 1 aromatic heterocycles. The summed E-state index contributed by atoms with van der Waals surface area (Å²) in [5.41, 5.74) is 1.05. The summed E-state index contributed by atoms with van der Waals surface area (Å²) in [6, 6.07) is 7.79. The van der Waals surface area contributed by atoms with Crippen LogP contribution in [0.5, 0.6) is 0 Å². The third-order valence-corrected chi connectivity index (χ3v) is 3.31. The van der Waals surface area contributed by atoms with Gasteiger partial charge in [0.1, 0.15) is 0 Å². The Morgan fingerprint density at radius 2 is 2.18 bits per heavy atom. The van der Waals surface area contributed by atoms with E-state index in [4.69, 9.17) is 11.6 Å². The average Bonchev–Trinajstić information content (AvgIpc) is 2.68. The topological polar surface area (TPSA) is 34.0 Å². The second-order valence-corrected chi connectivity index (χ2v) is 5.03. The summed E-state index contributed by atoms with van der Waals surface area (Å²) in [6.07, 6.45) is 1.05. The quantitative estimate of drug-likeness (QED) is 0.810. The predicted molar refractivity (Wildman–Crippen MR) is 70.8 cm³/mol. The Labute approximate surface area is 112 Å². The first-order chi connectivity index (χ1) is 8.24. The fraction of sp³-hybridized carbons (Fsp3) is 0.273. The Kier molecular flexibility index (Phi) is 2.80. The maximum atomic E-state index is 6.02. The number of hydrogen-bond donors (Lipinski definition) is 0. The normalized spacial score (nSPS) is 14.8. The van der Waals surface area contributed by atoms with Crippen LogP contribution >= 0.6 is 27.5 Å². The summed E-state index contributed by atoms with van der Waals surface area (Å²) in [6.45, 7) is 1.84. The van der Waals surface area contributed by atoms with Crippen LogP contribution in [-0.4, -0.2) is 21.3 Å². The molecule has 88 valence electrons. The van der Waals surface area contributed by atoms with E-state index >= 15 is 0 Å². The Bertz CT molecular complexity index is 554. The number of halogens is 2. The zero-order chi connectivity index (χ0) is 11.8. The highest BCUT2D eigenvalue weighted by Crippen LogP contribution is 2.29. The summed E-state index contributed by atoms with van der Waals surface area (Å²) in [7, 11) is 0. The van der Waals surface area contributed by atoms with Crippen molar-refractivity contribution in [1.29, 1.82) is 0 Å². The van der Waals surface area contributed by atoms with Crippen molar-refractivity contribution in [3.8, 4) is 0 Å². The number of nitrogens with zero attached hydrogens (tertiary/aromatic N) is 4. The van der Waals surface area contributed by atoms with E-state index in [9.17, 15) is 0 Å². The van der Waals surface area contributed by atoms with E-state index < -0.39 is 0 Å². The van der Waals surface area contributed by atoms with Gasteiger partial charge >= 0.3 is 0 Å². The third-order valence-electron chi connectivity index (χ3n) is 2.74. The van der Waals surface area contributed by atoms with Crippen LogP contribution in [0.3, 0.4) is 0 Å². The lowest BCUT2D eigenvalue weighted by Crippen LogP contribution is -2.28. The maximum absolute atomic E-state index is 6.02. The number of anilines is 2. The van der Waals surface area contributed by atoms with Crippen molar-refractivity contribution in [2.75, 3.05) is 11.4 Å². The molecule has 3 rings (SSSR count). The van der Waals surface area contributed by atoms with Crippen LogP contribution < -0.4 is 4.90 Å². The monoisotopic (exact) mass is 312 g/mol. The molecule has 4 nitrogen and oxygen atoms in total. The Hall–Kier alpha value is -1.07. The van der Waals surface area contributed by atoms with Gasteiger partial charge in [-0.2, -0.15) is 4.98 Å². The van der Waals surface area contributed by atoms with Gasteiger partial charge in [0.15, 0.2) is 0 Å². The zero-order valence-corrected chi connectivity index (χ0v) is 11.3. The highest BCUT2D eigenvalue weighted by molar-refractivity contribution is 9.10. The first-order valence-corrected chi connectivity index (χ1v) is 6.54. The Morgan fingerprint density at radius 1 is 1.29 bits per heavy atom. The van der Waals surface area contributed by atoms with Crippen LogP contribution in [0, 0.1) is 0 Å². The standard InChI is InChI=1S/C11H10BrClN4/c12-10-14-11-16(5-2-6-17(11)15-10)9-4-1-3-8(13)7-9/h1,3-4,7H,2,5-6H2. The van der Waals surface area contributed by atoms with Gasteiger partial charge in [0.25, 0.3) is 0 Å². The zero-order valence-electron chi connectivity index (χ0n) is 8.98. The fourth-order valence-corrected chi connectivity index (χ4v) is 2.56. The maximum Gasteiger partial charge on any atom is 0.229 e. The van der Waals surface area contributed by atoms with E-state index in [1.165, 1.54) is 0 Å². The highest BCUT2D eigenvalue weighted by atomic mass is 79.9. The molecule has 2 aromatic rings. The van der Waals surface area contributed by atoms with Crippen LogP contribution in [0.15, 0.2) is 29.0 Å². The first-order valence-electron chi connectivity index (χ1n) is 5.37. The molecule has 0 fully saturated rings. The van der Waals surface area contributed by atoms with Gasteiger partial charge in [0.2, 0.25) is 10.7 Å². The lowest BCUT2D eigenvalue weighted by atomic mass is 10.2. The van der Waals surface area contributed by atoms with E-state index in [-0.39, 0.29) is 0 Å². The molecule has 1 aliphatic heterocycles. The van der Waals surface area contributed by atoms with Crippen LogP contribution in [0.2, 0.25) is 5.02 Å². The molecule has 0 bridgehead atoms. The van der Waals surface area contributed by atoms with Gasteiger partial charge in [-0.1, -0.05) is 17.7 Å². The SMILES string of the molecule is Clc1cccc(N2CCCn3nc(Br)nc32)c1. The second kappa shape index (κ2) is 4.31. The van der Waals surface area contributed by atoms with E-state index in [0.717, 1.165) is 36.2 Å². The van der Waals surface area contributed by atoms with Crippen LogP contribution in [0.25, 0.3) is 0 Å². The van der Waals surface area contributed by atoms with Crippen molar-refractivity contribution in [1.82, 2.24) is 14.8 Å². The number of fused-ring (bicyclic) bond motifs is 1. The molecule has 6 heteroatoms. The van der Waals surface area contributed by atoms with Crippen molar-refractivity contribution in [3.05, 3.63) is 34.0 Å². The predicted octanol–water partition coefficient (Wildman–Crippen LogP) is 3.24. The van der Waals surface area contributed by atoms with Gasteiger partial charge in [-0.05, 0) is 40.5 Å². The minimum absolute atomic E-state index is 0.626. The van der Waals surface area contributed by atoms with Gasteiger partial charge in [-0.3, -0.25) is 0 Å². The molecule has 17 heavy (non-hydrogen) atoms. The van der Waals surface area contributed by atoms with Gasteiger partial charge in [-0.25, -0.2) is 4.68 Å². The Morgan fingerprint density at radius 3 is 3.00 bits per heavy atom. The van der Waals surface area contributed by atoms with E-state index in [2.05, 4.69) is 30.9 Å². The van der Waals surface area contributed by atoms with Crippen molar-refractivity contribution >= 4 is 39.2 Å². The van der Waals surface area contributed by atoms with Crippen molar-refractivity contribution in [2.45, 2.75) is 13.0 Å². The lowest BCUT2D eigenvalue weighted by molar-refractivity contribution is 0.537. The molecular weight excluding hydrogens is 304 g/mol. The molecule has 0 saturated carbocycles. The van der Waals surface area contributed by atoms with Gasteiger partial charge in [0.05, 0.1) is 0 Å². The number of benzene rings is 1. The number of hydrogen-bond acceptors (Lipinski definition) is 3. The summed E-state index contributed by atoms with van der Waals surface area (Å²) in [5, 5.41) is 5.03. The van der Waals surface area contributed by atoms with Crippen LogP contribution in [0.4, 0.5) is 11.6 Å². The molecule has 2 heterocycles. The molecule has 0 unspecified atom stereocenters. The molecule has 0 N–H and O–H groups in total. The Balaban J connectivity index is 2.05. The number of rotatable bonds is 1. The summed E-state index contributed by atoms with van der Waals surface area (Å²) < 4.78 is 2.54. The number of aryl methyl sites for hydroxylation is 1. The molecule has 0 radical (unpaired) electrons. The van der Waals surface area contributed by atoms with Gasteiger partial charge in [-0.15, -0.1) is 5.10 Å². The van der Waals surface area contributed by atoms with Crippen LogP contribution in [-0.2, 0) is 6.54 Å². The second-order valence-electron chi connectivity index (χ2n) is 3.89. The highest BCUT2D eigenvalue weighted by Gasteiger charge is 2.21. The molecule has 0 amide bonds. The molecule has 0 spiro atoms. The summed E-state index contributed by atoms with van der Waals surface area (Å²) in [5.74, 6) is 0.866. The number of aromatic nitrogens is 3. The van der Waals surface area contributed by atoms with Gasteiger partial charge in [0, 0.05) is 23.8 Å². The average molecular weight is 314 g/mol. The minimum Gasteiger partial charge on any atom is -0.311 e. The molecular formula is C11H10BrClN4. The fourth-order valence-electron chi connectivity index (χ4n) is 2.02. The lowest BCUT2D eigenvalue weighted by Gasteiger charge is -2.27. The molecule has 1 aliphatic rings. The van der Waals surface area contributed by atoms with Crippen molar-refractivity contribution in [2.24, 2.45) is 0 Å². The molecule has 1 aromatic carbocycles. The van der Waals surface area contributed by atoms with Crippen molar-refractivity contribution in [3.63, 3.8) is 0 Å². The summed E-state index contributed by atoms with van der Waals surface area (Å²) in [4.78, 5) is 6.52. The van der Waals surface area contributed by atoms with Crippen molar-refractivity contribution < 1.29 is 0 Å². The van der Waals surface area contributed by atoms with Crippen LogP contribution in [0.1, 0.15) is 6.42 Å². The molecule has 0 atom stereocenters. The van der Waals surface area contributed by atoms with Gasteiger partial charge < -0.3 is 4.90 Å². The smallest absolute Gasteiger partial charge is 0.229 e. The van der Waals surface area contributed by atoms with E-state index in [1.807, 2.05) is 28.9 Å². The van der Waals surface area contributed by atoms with E-state index in [0.29, 0.717) is 4.73 Å². The minimum atomic E-state index is 0.626. The van der Waals surface area contributed by atoms with E-state index in [1.54, 1.807) is 0 Å². The largest absolute Gasteiger partial charge is 0.311 e. The summed E-state index contributed by atoms with van der Waals surface area (Å²) >= 11 is 9.33. The molecule has 0 aliphatic carbocycles.